The van der Waals surface area contributed by atoms with E-state index in [0.29, 0.717) is 26.4 Å². The average Bonchev–Trinajstić information content (AvgIpc) is 2.45. The highest BCUT2D eigenvalue weighted by molar-refractivity contribution is 6.42. The molecule has 2 aromatic carbocycles. The van der Waals surface area contributed by atoms with Gasteiger partial charge in [0.25, 0.3) is 0 Å². The van der Waals surface area contributed by atoms with Crippen molar-refractivity contribution >= 4 is 40.8 Å². The number of carbonyl (C=O) groups is 1. The summed E-state index contributed by atoms with van der Waals surface area (Å²) in [6.45, 7) is 0. The fourth-order valence-corrected chi connectivity index (χ4v) is 2.29. The van der Waals surface area contributed by atoms with Crippen molar-refractivity contribution in [3.8, 4) is 5.75 Å². The molecule has 0 bridgehead atoms. The first kappa shape index (κ1) is 16.0. The third-order valence-electron chi connectivity index (χ3n) is 2.80. The maximum atomic E-state index is 11.3. The first-order valence-corrected chi connectivity index (χ1v) is 7.18. The molecule has 21 heavy (non-hydrogen) atoms. The molecule has 0 aliphatic rings. The highest BCUT2D eigenvalue weighted by Gasteiger charge is 2.22. The van der Waals surface area contributed by atoms with Crippen LogP contribution in [0.2, 0.25) is 15.1 Å². The maximum absolute atomic E-state index is 11.3. The third-order valence-corrected chi connectivity index (χ3v) is 3.91. The molecule has 0 unspecified atom stereocenters. The molecule has 1 atom stereocenters. The van der Waals surface area contributed by atoms with Crippen molar-refractivity contribution in [2.45, 2.75) is 12.5 Å². The van der Waals surface area contributed by atoms with Crippen molar-refractivity contribution < 1.29 is 14.6 Å². The summed E-state index contributed by atoms with van der Waals surface area (Å²) in [5.74, 6) is -0.661. The van der Waals surface area contributed by atoms with Crippen LogP contribution in [-0.4, -0.2) is 17.2 Å². The van der Waals surface area contributed by atoms with E-state index < -0.39 is 12.1 Å². The minimum atomic E-state index is -1.08. The number of ether oxygens (including phenoxy) is 1. The van der Waals surface area contributed by atoms with Crippen LogP contribution in [0.25, 0.3) is 0 Å². The minimum absolute atomic E-state index is 0.108. The van der Waals surface area contributed by atoms with Gasteiger partial charge in [0.1, 0.15) is 5.75 Å². The molecule has 2 aromatic rings. The second-order valence-electron chi connectivity index (χ2n) is 4.32. The lowest BCUT2D eigenvalue weighted by molar-refractivity contribution is -0.145. The summed E-state index contributed by atoms with van der Waals surface area (Å²) in [4.78, 5) is 11.3. The van der Waals surface area contributed by atoms with Crippen molar-refractivity contribution in [2.75, 3.05) is 0 Å². The van der Waals surface area contributed by atoms with Crippen molar-refractivity contribution in [1.82, 2.24) is 0 Å². The molecule has 0 spiro atoms. The van der Waals surface area contributed by atoms with Crippen LogP contribution in [0.15, 0.2) is 42.5 Å². The molecule has 0 aromatic heterocycles. The summed E-state index contributed by atoms with van der Waals surface area (Å²) < 4.78 is 5.47. The Balaban J connectivity index is 2.18. The van der Waals surface area contributed by atoms with E-state index in [9.17, 15) is 9.90 Å². The molecule has 0 radical (unpaired) electrons. The summed E-state index contributed by atoms with van der Waals surface area (Å²) in [6.07, 6.45) is -0.959. The van der Waals surface area contributed by atoms with Crippen molar-refractivity contribution in [1.29, 1.82) is 0 Å². The molecular weight excluding hydrogens is 335 g/mol. The van der Waals surface area contributed by atoms with E-state index >= 15 is 0 Å². The van der Waals surface area contributed by atoms with E-state index in [1.54, 1.807) is 42.5 Å². The molecule has 0 heterocycles. The molecular formula is C15H11Cl3O3. The summed E-state index contributed by atoms with van der Waals surface area (Å²) in [5, 5.41) is 10.5. The number of hydrogen-bond donors (Lipinski definition) is 1. The number of rotatable bonds is 5. The molecule has 2 rings (SSSR count). The summed E-state index contributed by atoms with van der Waals surface area (Å²) in [7, 11) is 0. The fourth-order valence-electron chi connectivity index (χ4n) is 1.76. The van der Waals surface area contributed by atoms with Crippen LogP contribution in [-0.2, 0) is 11.2 Å². The largest absolute Gasteiger partial charge is 0.478 e. The normalized spacial score (nSPS) is 12.0. The Kier molecular flexibility index (Phi) is 5.34. The summed E-state index contributed by atoms with van der Waals surface area (Å²) in [6, 6.07) is 11.5. The first-order valence-electron chi connectivity index (χ1n) is 6.05. The first-order chi connectivity index (χ1) is 9.97. The van der Waals surface area contributed by atoms with Crippen molar-refractivity contribution in [3.63, 3.8) is 0 Å². The monoisotopic (exact) mass is 344 g/mol. The quantitative estimate of drug-likeness (QED) is 0.852. The van der Waals surface area contributed by atoms with Crippen molar-refractivity contribution in [2.24, 2.45) is 0 Å². The molecule has 0 aliphatic heterocycles. The van der Waals surface area contributed by atoms with Crippen LogP contribution in [0.3, 0.4) is 0 Å². The number of halogens is 3. The fraction of sp³-hybridized carbons (Fsp3) is 0.133. The van der Waals surface area contributed by atoms with E-state index in [1.807, 2.05) is 0 Å². The van der Waals surface area contributed by atoms with Crippen LogP contribution < -0.4 is 4.74 Å². The van der Waals surface area contributed by atoms with Gasteiger partial charge >= 0.3 is 5.97 Å². The van der Waals surface area contributed by atoms with Gasteiger partial charge in [-0.2, -0.15) is 0 Å². The zero-order valence-corrected chi connectivity index (χ0v) is 13.0. The van der Waals surface area contributed by atoms with Gasteiger partial charge in [0, 0.05) is 11.4 Å². The Morgan fingerprint density at radius 2 is 1.76 bits per heavy atom. The van der Waals surface area contributed by atoms with Gasteiger partial charge in [-0.15, -0.1) is 0 Å². The molecule has 110 valence electrons. The maximum Gasteiger partial charge on any atom is 0.345 e. The van der Waals surface area contributed by atoms with Crippen LogP contribution in [0.1, 0.15) is 5.56 Å². The molecule has 0 saturated carbocycles. The molecule has 0 fully saturated rings. The number of benzene rings is 2. The lowest BCUT2D eigenvalue weighted by atomic mass is 10.1. The highest BCUT2D eigenvalue weighted by atomic mass is 35.5. The molecule has 3 nitrogen and oxygen atoms in total. The van der Waals surface area contributed by atoms with Crippen LogP contribution in [0.4, 0.5) is 0 Å². The summed E-state index contributed by atoms with van der Waals surface area (Å²) in [5.41, 5.74) is 0.616. The average molecular weight is 346 g/mol. The topological polar surface area (TPSA) is 46.5 Å². The third kappa shape index (κ3) is 4.27. The second kappa shape index (κ2) is 7.03. The zero-order valence-electron chi connectivity index (χ0n) is 10.7. The smallest absolute Gasteiger partial charge is 0.345 e. The lowest BCUT2D eigenvalue weighted by Crippen LogP contribution is -2.29. The van der Waals surface area contributed by atoms with E-state index in [-0.39, 0.29) is 6.42 Å². The second-order valence-corrected chi connectivity index (χ2v) is 5.54. The standard InChI is InChI=1S/C15H11Cl3O3/c16-10-4-6-11(7-5-10)21-13(15(19)20)8-9-2-1-3-12(17)14(9)18/h1-7,13H,8H2,(H,19,20)/t13-/m0/s1. The zero-order chi connectivity index (χ0) is 15.4. The number of carboxylic acids is 1. The Hall–Kier alpha value is -1.42. The van der Waals surface area contributed by atoms with Gasteiger partial charge in [-0.25, -0.2) is 4.79 Å². The highest BCUT2D eigenvalue weighted by Crippen LogP contribution is 2.27. The number of hydrogen-bond acceptors (Lipinski definition) is 2. The van der Waals surface area contributed by atoms with Crippen molar-refractivity contribution in [3.05, 3.63) is 63.1 Å². The molecule has 0 aliphatic carbocycles. The van der Waals surface area contributed by atoms with Gasteiger partial charge in [0.05, 0.1) is 10.0 Å². The van der Waals surface area contributed by atoms with Gasteiger partial charge in [0.15, 0.2) is 6.10 Å². The van der Waals surface area contributed by atoms with Crippen LogP contribution in [0, 0.1) is 0 Å². The number of aliphatic carboxylic acids is 1. The SMILES string of the molecule is O=C(O)[C@H](Cc1cccc(Cl)c1Cl)Oc1ccc(Cl)cc1. The molecule has 1 N–H and O–H groups in total. The van der Waals surface area contributed by atoms with E-state index in [1.165, 1.54) is 0 Å². The van der Waals surface area contributed by atoms with Crippen LogP contribution >= 0.6 is 34.8 Å². The minimum Gasteiger partial charge on any atom is -0.478 e. The molecule has 0 saturated heterocycles. The molecule has 0 amide bonds. The van der Waals surface area contributed by atoms with E-state index in [4.69, 9.17) is 39.5 Å². The predicted molar refractivity (Wildman–Crippen MR) is 83.7 cm³/mol. The Morgan fingerprint density at radius 1 is 1.10 bits per heavy atom. The van der Waals surface area contributed by atoms with Gasteiger partial charge in [0.2, 0.25) is 0 Å². The summed E-state index contributed by atoms with van der Waals surface area (Å²) >= 11 is 17.8. The molecule has 6 heteroatoms. The Labute approximate surface area is 137 Å². The lowest BCUT2D eigenvalue weighted by Gasteiger charge is -2.16. The Morgan fingerprint density at radius 3 is 2.38 bits per heavy atom. The van der Waals surface area contributed by atoms with E-state index in [2.05, 4.69) is 0 Å². The van der Waals surface area contributed by atoms with Gasteiger partial charge in [-0.1, -0.05) is 46.9 Å². The van der Waals surface area contributed by atoms with Crippen LogP contribution in [0.5, 0.6) is 5.75 Å². The van der Waals surface area contributed by atoms with Gasteiger partial charge in [-0.3, -0.25) is 0 Å². The Bertz CT molecular complexity index is 641. The van der Waals surface area contributed by atoms with Gasteiger partial charge < -0.3 is 9.84 Å². The van der Waals surface area contributed by atoms with Gasteiger partial charge in [-0.05, 0) is 35.9 Å². The van der Waals surface area contributed by atoms with E-state index in [0.717, 1.165) is 0 Å². The number of carboxylic acid groups (broad SMARTS) is 1. The predicted octanol–water partition coefficient (Wildman–Crippen LogP) is 4.72.